The zero-order chi connectivity index (χ0) is 20.5. The maximum absolute atomic E-state index is 12.8. The lowest BCUT2D eigenvalue weighted by Gasteiger charge is -2.24. The van der Waals surface area contributed by atoms with E-state index in [1.807, 2.05) is 0 Å². The molecule has 1 aliphatic rings. The molecule has 1 fully saturated rings. The summed E-state index contributed by atoms with van der Waals surface area (Å²) in [6, 6.07) is 1.22. The Morgan fingerprint density at radius 1 is 1.11 bits per heavy atom. The number of rotatable bonds is 9. The van der Waals surface area contributed by atoms with Gasteiger partial charge in [-0.05, 0) is 12.8 Å². The molecule has 4 atom stereocenters. The normalized spacial score (nSPS) is 23.6. The summed E-state index contributed by atoms with van der Waals surface area (Å²) in [6.07, 6.45) is 15.3. The molecule has 1 saturated heterocycles. The van der Waals surface area contributed by atoms with E-state index in [0.717, 1.165) is 4.57 Å². The fraction of sp³-hybridized carbons (Fsp3) is 0.500. The second-order valence-electron chi connectivity index (χ2n) is 6.02. The van der Waals surface area contributed by atoms with Crippen LogP contribution in [-0.4, -0.2) is 52.4 Å². The summed E-state index contributed by atoms with van der Waals surface area (Å²) in [7, 11) is 0. The molecule has 148 valence electrons. The molecule has 2 heterocycles. The summed E-state index contributed by atoms with van der Waals surface area (Å²) in [5.74, 6) is 7.04. The third-order valence-corrected chi connectivity index (χ3v) is 4.27. The average molecular weight is 386 g/mol. The first-order chi connectivity index (χ1) is 13.6. The van der Waals surface area contributed by atoms with Gasteiger partial charge in [0, 0.05) is 18.9 Å². The van der Waals surface area contributed by atoms with Crippen molar-refractivity contribution in [2.75, 3.05) is 19.8 Å². The Hall–Kier alpha value is -2.80. The van der Waals surface area contributed by atoms with Crippen LogP contribution in [0.1, 0.15) is 19.1 Å². The molecule has 0 aliphatic carbocycles. The van der Waals surface area contributed by atoms with Gasteiger partial charge in [-0.1, -0.05) is 17.8 Å². The van der Waals surface area contributed by atoms with Gasteiger partial charge in [-0.2, -0.15) is 0 Å². The maximum atomic E-state index is 12.8. The highest BCUT2D eigenvalue weighted by molar-refractivity contribution is 4.99. The monoisotopic (exact) mass is 386 g/mol. The Morgan fingerprint density at radius 3 is 2.39 bits per heavy atom. The largest absolute Gasteiger partial charge is 0.396 e. The molecule has 1 N–H and O–H groups in total. The van der Waals surface area contributed by atoms with E-state index in [0.29, 0.717) is 12.8 Å². The molecule has 1 aromatic rings. The zero-order valence-corrected chi connectivity index (χ0v) is 15.3. The highest BCUT2D eigenvalue weighted by Gasteiger charge is 2.47. The van der Waals surface area contributed by atoms with Crippen LogP contribution in [0.3, 0.4) is 0 Å². The second kappa shape index (κ2) is 10.5. The fourth-order valence-electron chi connectivity index (χ4n) is 3.09. The van der Waals surface area contributed by atoms with Crippen LogP contribution in [0.4, 0.5) is 0 Å². The van der Waals surface area contributed by atoms with Crippen LogP contribution in [-0.2, 0) is 20.8 Å². The van der Waals surface area contributed by atoms with Crippen molar-refractivity contribution in [2.45, 2.75) is 43.9 Å². The van der Waals surface area contributed by atoms with E-state index >= 15 is 0 Å². The molecule has 0 unspecified atom stereocenters. The molecule has 0 spiro atoms. The molecule has 8 heteroatoms. The number of aliphatic hydroxyl groups excluding tert-OH is 1. The smallest absolute Gasteiger partial charge is 0.334 e. The van der Waals surface area contributed by atoms with Gasteiger partial charge in [0.2, 0.25) is 0 Å². The van der Waals surface area contributed by atoms with E-state index in [1.165, 1.54) is 16.8 Å². The van der Waals surface area contributed by atoms with Crippen LogP contribution >= 0.6 is 0 Å². The quantitative estimate of drug-likeness (QED) is 0.567. The minimum Gasteiger partial charge on any atom is -0.396 e. The van der Waals surface area contributed by atoms with Crippen LogP contribution in [0.5, 0.6) is 0 Å². The number of aliphatic hydroxyl groups is 1. The van der Waals surface area contributed by atoms with Gasteiger partial charge in [-0.15, -0.1) is 19.3 Å². The highest BCUT2D eigenvalue weighted by atomic mass is 16.6. The van der Waals surface area contributed by atoms with Gasteiger partial charge < -0.3 is 19.3 Å². The van der Waals surface area contributed by atoms with Crippen molar-refractivity contribution < 1.29 is 19.3 Å². The van der Waals surface area contributed by atoms with Crippen LogP contribution in [0.25, 0.3) is 0 Å². The first kappa shape index (κ1) is 21.5. The van der Waals surface area contributed by atoms with Crippen molar-refractivity contribution in [3.05, 3.63) is 33.1 Å². The van der Waals surface area contributed by atoms with Gasteiger partial charge in [0.15, 0.2) is 6.23 Å². The van der Waals surface area contributed by atoms with Crippen molar-refractivity contribution in [3.8, 4) is 37.0 Å². The van der Waals surface area contributed by atoms with Gasteiger partial charge in [0.05, 0.1) is 12.6 Å². The second-order valence-corrected chi connectivity index (χ2v) is 6.02. The van der Waals surface area contributed by atoms with E-state index in [4.69, 9.17) is 38.6 Å². The van der Waals surface area contributed by atoms with Gasteiger partial charge in [-0.3, -0.25) is 9.36 Å². The molecular weight excluding hydrogens is 364 g/mol. The van der Waals surface area contributed by atoms with E-state index in [1.54, 1.807) is 0 Å². The average Bonchev–Trinajstić information content (AvgIpc) is 3.03. The van der Waals surface area contributed by atoms with E-state index in [2.05, 4.69) is 17.8 Å². The molecule has 0 aromatic carbocycles. The summed E-state index contributed by atoms with van der Waals surface area (Å²) in [4.78, 5) is 24.7. The number of hydrogen-bond acceptors (Lipinski definition) is 6. The minimum absolute atomic E-state index is 0.0117. The summed E-state index contributed by atoms with van der Waals surface area (Å²) < 4.78 is 19.6. The summed E-state index contributed by atoms with van der Waals surface area (Å²) in [5, 5.41) is 9.15. The fourth-order valence-corrected chi connectivity index (χ4v) is 3.09. The van der Waals surface area contributed by atoms with Crippen LogP contribution in [0, 0.1) is 37.0 Å². The Labute approximate surface area is 163 Å². The summed E-state index contributed by atoms with van der Waals surface area (Å²) in [5.41, 5.74) is -1.15. The summed E-state index contributed by atoms with van der Waals surface area (Å²) in [6.45, 7) is -0.231. The lowest BCUT2D eigenvalue weighted by Crippen LogP contribution is -2.44. The molecule has 0 amide bonds. The van der Waals surface area contributed by atoms with Gasteiger partial charge in [0.1, 0.15) is 25.4 Å². The molecule has 0 bridgehead atoms. The van der Waals surface area contributed by atoms with Crippen molar-refractivity contribution in [2.24, 2.45) is 0 Å². The van der Waals surface area contributed by atoms with Crippen molar-refractivity contribution in [1.82, 2.24) is 9.13 Å². The van der Waals surface area contributed by atoms with E-state index in [-0.39, 0.29) is 26.4 Å². The van der Waals surface area contributed by atoms with E-state index < -0.39 is 35.8 Å². The third kappa shape index (κ3) is 4.72. The highest BCUT2D eigenvalue weighted by Crippen LogP contribution is 2.34. The minimum atomic E-state index is -0.906. The Bertz CT molecular complexity index is 897. The van der Waals surface area contributed by atoms with Crippen LogP contribution < -0.4 is 11.2 Å². The van der Waals surface area contributed by atoms with Crippen molar-refractivity contribution in [3.63, 3.8) is 0 Å². The van der Waals surface area contributed by atoms with Gasteiger partial charge in [0.25, 0.3) is 5.56 Å². The predicted molar refractivity (Wildman–Crippen MR) is 101 cm³/mol. The summed E-state index contributed by atoms with van der Waals surface area (Å²) >= 11 is 0. The number of aromatic nitrogens is 2. The molecular formula is C20H22N2O6. The zero-order valence-electron chi connectivity index (χ0n) is 15.3. The lowest BCUT2D eigenvalue weighted by molar-refractivity contribution is -0.0679. The van der Waals surface area contributed by atoms with Crippen LogP contribution in [0.15, 0.2) is 21.9 Å². The molecule has 0 radical (unpaired) electrons. The molecule has 8 nitrogen and oxygen atoms in total. The molecule has 2 rings (SSSR count). The lowest BCUT2D eigenvalue weighted by atomic mass is 10.1. The van der Waals surface area contributed by atoms with Gasteiger partial charge >= 0.3 is 5.69 Å². The molecule has 28 heavy (non-hydrogen) atoms. The third-order valence-electron chi connectivity index (χ3n) is 4.27. The standard InChI is InChI=1S/C20H22N2O6/c1-4-10-21-16(24)9-11-22(20(21)25)19-18(27-14-6-3)17(26-13-5-2)15(28-19)8-7-12-23/h1-3,9,11,15,17-19,23H,7-8,10,12-14H2/t15-,17-,18-,19-/m1/s1. The van der Waals surface area contributed by atoms with Crippen LogP contribution in [0.2, 0.25) is 0 Å². The number of nitrogens with zero attached hydrogens (tertiary/aromatic N) is 2. The SMILES string of the molecule is C#CCO[C@@H]1[C@H](OCC#C)[C@@H](CCCO)O[C@H]1n1ccc(=O)n(CC#C)c1=O. The molecule has 0 saturated carbocycles. The Morgan fingerprint density at radius 2 is 1.79 bits per heavy atom. The number of ether oxygens (including phenoxy) is 3. The first-order valence-corrected chi connectivity index (χ1v) is 8.71. The number of terminal acetylenes is 3. The van der Waals surface area contributed by atoms with Crippen molar-refractivity contribution >= 4 is 0 Å². The van der Waals surface area contributed by atoms with Gasteiger partial charge in [-0.25, -0.2) is 9.36 Å². The molecule has 1 aliphatic heterocycles. The Kier molecular flexibility index (Phi) is 8.07. The van der Waals surface area contributed by atoms with E-state index in [9.17, 15) is 9.59 Å². The van der Waals surface area contributed by atoms with Crippen molar-refractivity contribution in [1.29, 1.82) is 0 Å². The predicted octanol–water partition coefficient (Wildman–Crippen LogP) is -0.650. The Balaban J connectivity index is 2.45. The maximum Gasteiger partial charge on any atom is 0.334 e. The number of hydrogen-bond donors (Lipinski definition) is 1. The topological polar surface area (TPSA) is 91.9 Å². The first-order valence-electron chi connectivity index (χ1n) is 8.71. The molecule has 1 aromatic heterocycles.